The van der Waals surface area contributed by atoms with Gasteiger partial charge >= 0.3 is 5.91 Å². The highest BCUT2D eigenvalue weighted by molar-refractivity contribution is 6.00. The van der Waals surface area contributed by atoms with Crippen LogP contribution in [0.1, 0.15) is 12.5 Å². The number of hydrogen-bond acceptors (Lipinski definition) is 1. The summed E-state index contributed by atoms with van der Waals surface area (Å²) in [4.78, 5) is 12.0. The minimum Gasteiger partial charge on any atom is -1.00 e. The largest absolute Gasteiger partial charge is 1.00 e. The first-order valence-electron chi connectivity index (χ1n) is 5.17. The summed E-state index contributed by atoms with van der Waals surface area (Å²) in [5.41, 5.74) is 2.56. The van der Waals surface area contributed by atoms with Gasteiger partial charge in [-0.15, -0.1) is 0 Å². The van der Waals surface area contributed by atoms with E-state index < -0.39 is 0 Å². The van der Waals surface area contributed by atoms with Crippen molar-refractivity contribution < 1.29 is 17.2 Å². The van der Waals surface area contributed by atoms with E-state index in [1.54, 1.807) is 13.0 Å². The average Bonchev–Trinajstić information content (AvgIpc) is 2.28. The van der Waals surface area contributed by atoms with Gasteiger partial charge in [0, 0.05) is 17.7 Å². The van der Waals surface area contributed by atoms with E-state index in [0.29, 0.717) is 5.57 Å². The number of rotatable bonds is 3. The van der Waals surface area contributed by atoms with Gasteiger partial charge in [-0.2, -0.15) is 0 Å². The van der Waals surface area contributed by atoms with Crippen LogP contribution in [0.3, 0.4) is 0 Å². The van der Waals surface area contributed by atoms with Crippen molar-refractivity contribution in [3.63, 3.8) is 0 Å². The van der Waals surface area contributed by atoms with Crippen LogP contribution in [0.2, 0.25) is 0 Å². The van der Waals surface area contributed by atoms with E-state index in [2.05, 4.69) is 13.2 Å². The Morgan fingerprint density at radius 2 is 1.71 bits per heavy atom. The molecule has 0 saturated carbocycles. The maximum Gasteiger partial charge on any atom is 0.345 e. The fraction of sp³-hybridized carbons (Fsp3) is 0.214. The summed E-state index contributed by atoms with van der Waals surface area (Å²) in [5, 5.41) is 0. The molecule has 2 nitrogen and oxygen atoms in total. The fourth-order valence-electron chi connectivity index (χ4n) is 1.58. The second-order valence-electron chi connectivity index (χ2n) is 4.33. The van der Waals surface area contributed by atoms with Crippen LogP contribution >= 0.6 is 0 Å². The first-order chi connectivity index (χ1) is 7.39. The van der Waals surface area contributed by atoms with Gasteiger partial charge in [-0.3, -0.25) is 0 Å². The van der Waals surface area contributed by atoms with Gasteiger partial charge in [-0.25, -0.2) is 9.28 Å². The Bertz CT molecular complexity index is 432. The van der Waals surface area contributed by atoms with Gasteiger partial charge in [0.15, 0.2) is 0 Å². The Balaban J connectivity index is 0.00000256. The van der Waals surface area contributed by atoms with Crippen LogP contribution in [-0.2, 0) is 4.79 Å². The third kappa shape index (κ3) is 3.29. The van der Waals surface area contributed by atoms with Crippen molar-refractivity contribution in [2.75, 3.05) is 14.1 Å². The molecule has 0 bridgehead atoms. The van der Waals surface area contributed by atoms with E-state index in [0.717, 1.165) is 11.3 Å². The zero-order valence-electron chi connectivity index (χ0n) is 10.5. The molecule has 0 atom stereocenters. The number of carbonyl (C=O) groups excluding carboxylic acids is 1. The maximum absolute atomic E-state index is 12.0. The number of likely N-dealkylation sites (N-methyl/N-ethyl adjacent to an activating group) is 1. The molecule has 0 N–H and O–H groups in total. The second kappa shape index (κ2) is 5.80. The highest BCUT2D eigenvalue weighted by Crippen LogP contribution is 2.21. The van der Waals surface area contributed by atoms with Gasteiger partial charge in [-0.1, -0.05) is 19.2 Å². The van der Waals surface area contributed by atoms with E-state index in [4.69, 9.17) is 0 Å². The normalized spacial score (nSPS) is 10.3. The molecule has 0 spiro atoms. The number of hydrogen-bond donors (Lipinski definition) is 0. The molecule has 1 aromatic carbocycles. The van der Waals surface area contributed by atoms with E-state index in [1.807, 2.05) is 38.4 Å². The van der Waals surface area contributed by atoms with Crippen LogP contribution in [0.4, 0.5) is 5.69 Å². The number of benzene rings is 1. The van der Waals surface area contributed by atoms with Gasteiger partial charge in [0.05, 0.1) is 14.1 Å². The molecule has 0 unspecified atom stereocenters. The van der Waals surface area contributed by atoms with Gasteiger partial charge in [0.1, 0.15) is 5.69 Å². The Labute approximate surface area is 109 Å². The minimum absolute atomic E-state index is 0. The zero-order valence-corrected chi connectivity index (χ0v) is 11.3. The van der Waals surface area contributed by atoms with Gasteiger partial charge in [-0.05, 0) is 24.6 Å². The molecule has 0 aliphatic carbocycles. The quantitative estimate of drug-likeness (QED) is 0.546. The standard InChI is InChI=1S/C14H18NO.ClH/c1-6-12-7-9-13(10-8-12)15(4,5)14(16)11(2)3;/h6-10H,1-2H2,3-5H3;1H/q+1;/p-1. The lowest BCUT2D eigenvalue weighted by Gasteiger charge is -2.26. The Morgan fingerprint density at radius 1 is 1.24 bits per heavy atom. The van der Waals surface area contributed by atoms with Crippen molar-refractivity contribution in [3.05, 3.63) is 48.6 Å². The molecule has 0 aliphatic heterocycles. The smallest absolute Gasteiger partial charge is 0.345 e. The summed E-state index contributed by atoms with van der Waals surface area (Å²) >= 11 is 0. The van der Waals surface area contributed by atoms with Crippen molar-refractivity contribution >= 4 is 17.7 Å². The first kappa shape index (κ1) is 15.6. The molecule has 0 fully saturated rings. The molecule has 1 amide bonds. The molecular formula is C14H18ClNO. The van der Waals surface area contributed by atoms with Crippen molar-refractivity contribution in [3.8, 4) is 0 Å². The lowest BCUT2D eigenvalue weighted by molar-refractivity contribution is -0.124. The summed E-state index contributed by atoms with van der Waals surface area (Å²) < 4.78 is 0.187. The van der Waals surface area contributed by atoms with Crippen molar-refractivity contribution in [1.82, 2.24) is 4.48 Å². The highest BCUT2D eigenvalue weighted by Gasteiger charge is 2.29. The zero-order chi connectivity index (χ0) is 12.3. The van der Waals surface area contributed by atoms with E-state index in [1.165, 1.54) is 0 Å². The van der Waals surface area contributed by atoms with Crippen molar-refractivity contribution in [2.24, 2.45) is 0 Å². The molecular weight excluding hydrogens is 234 g/mol. The van der Waals surface area contributed by atoms with Crippen LogP contribution in [0, 0.1) is 0 Å². The van der Waals surface area contributed by atoms with Gasteiger partial charge in [0.25, 0.3) is 0 Å². The minimum atomic E-state index is 0. The summed E-state index contributed by atoms with van der Waals surface area (Å²) in [6.07, 6.45) is 1.78. The number of amides is 1. The first-order valence-corrected chi connectivity index (χ1v) is 5.17. The van der Waals surface area contributed by atoms with E-state index in [-0.39, 0.29) is 22.8 Å². The number of nitrogens with zero attached hydrogens (tertiary/aromatic N) is 1. The Hall–Kier alpha value is -1.38. The lowest BCUT2D eigenvalue weighted by Crippen LogP contribution is -3.00. The van der Waals surface area contributed by atoms with Crippen LogP contribution in [0.15, 0.2) is 43.0 Å². The maximum atomic E-state index is 12.0. The summed E-state index contributed by atoms with van der Waals surface area (Å²) in [6.45, 7) is 9.14. The molecule has 0 saturated heterocycles. The summed E-state index contributed by atoms with van der Waals surface area (Å²) in [5.74, 6) is 0.0198. The van der Waals surface area contributed by atoms with Crippen molar-refractivity contribution in [2.45, 2.75) is 6.92 Å². The Morgan fingerprint density at radius 3 is 2.06 bits per heavy atom. The molecule has 0 radical (unpaired) electrons. The van der Waals surface area contributed by atoms with Crippen LogP contribution in [0.5, 0.6) is 0 Å². The fourth-order valence-corrected chi connectivity index (χ4v) is 1.58. The number of quaternary nitrogens is 1. The van der Waals surface area contributed by atoms with Crippen LogP contribution in [-0.4, -0.2) is 20.0 Å². The predicted molar refractivity (Wildman–Crippen MR) is 70.0 cm³/mol. The third-order valence-electron chi connectivity index (χ3n) is 2.65. The predicted octanol–water partition coefficient (Wildman–Crippen LogP) is 0.00320. The van der Waals surface area contributed by atoms with Crippen molar-refractivity contribution in [1.29, 1.82) is 0 Å². The molecule has 92 valence electrons. The van der Waals surface area contributed by atoms with E-state index in [9.17, 15) is 4.79 Å². The van der Waals surface area contributed by atoms with Crippen LogP contribution in [0.25, 0.3) is 6.08 Å². The average molecular weight is 252 g/mol. The Kier molecular flexibility index (Phi) is 5.33. The second-order valence-corrected chi connectivity index (χ2v) is 4.33. The SMILES string of the molecule is C=Cc1ccc([N+](C)(C)C(=O)C(=C)C)cc1.[Cl-]. The monoisotopic (exact) mass is 251 g/mol. The summed E-state index contributed by atoms with van der Waals surface area (Å²) in [7, 11) is 3.72. The lowest BCUT2D eigenvalue weighted by atomic mass is 10.1. The molecule has 3 heteroatoms. The molecule has 17 heavy (non-hydrogen) atoms. The number of carbonyl (C=O) groups is 1. The summed E-state index contributed by atoms with van der Waals surface area (Å²) in [6, 6.07) is 7.79. The number of halogens is 1. The third-order valence-corrected chi connectivity index (χ3v) is 2.65. The van der Waals surface area contributed by atoms with Crippen LogP contribution < -0.4 is 16.9 Å². The molecule has 0 heterocycles. The van der Waals surface area contributed by atoms with Gasteiger partial charge in [0.2, 0.25) is 0 Å². The molecule has 0 aromatic heterocycles. The highest BCUT2D eigenvalue weighted by atomic mass is 35.5. The molecule has 1 aromatic rings. The van der Waals surface area contributed by atoms with Gasteiger partial charge < -0.3 is 12.4 Å². The van der Waals surface area contributed by atoms with E-state index >= 15 is 0 Å². The topological polar surface area (TPSA) is 17.1 Å². The molecule has 1 rings (SSSR count). The molecule has 0 aliphatic rings.